The summed E-state index contributed by atoms with van der Waals surface area (Å²) in [6, 6.07) is 5.75. The van der Waals surface area contributed by atoms with E-state index in [1.165, 1.54) is 40.6 Å². The van der Waals surface area contributed by atoms with Crippen LogP contribution in [0.1, 0.15) is 32.3 Å². The second-order valence-corrected chi connectivity index (χ2v) is 7.81. The Hall–Kier alpha value is -2.49. The zero-order valence-electron chi connectivity index (χ0n) is 15.9. The Kier molecular flexibility index (Phi) is 6.21. The van der Waals surface area contributed by atoms with Crippen LogP contribution in [0.5, 0.6) is 5.75 Å². The molecule has 1 aromatic carbocycles. The zero-order valence-corrected chi connectivity index (χ0v) is 16.7. The van der Waals surface area contributed by atoms with Crippen molar-refractivity contribution in [3.05, 3.63) is 40.2 Å². The molecule has 2 heterocycles. The maximum atomic E-state index is 13.1. The van der Waals surface area contributed by atoms with E-state index in [1.54, 1.807) is 0 Å². The number of alkyl halides is 3. The van der Waals surface area contributed by atoms with Gasteiger partial charge in [0.15, 0.2) is 11.8 Å². The number of nitrogens with zero attached hydrogens (tertiary/aromatic N) is 2. The number of rotatable bonds is 7. The molecule has 29 heavy (non-hydrogen) atoms. The van der Waals surface area contributed by atoms with Gasteiger partial charge < -0.3 is 10.1 Å². The summed E-state index contributed by atoms with van der Waals surface area (Å²) in [5, 5.41) is 3.25. The maximum Gasteiger partial charge on any atom is 0.422 e. The third-order valence-corrected chi connectivity index (χ3v) is 5.91. The van der Waals surface area contributed by atoms with Crippen LogP contribution < -0.4 is 15.6 Å². The van der Waals surface area contributed by atoms with Crippen molar-refractivity contribution in [2.24, 2.45) is 0 Å². The van der Waals surface area contributed by atoms with Crippen molar-refractivity contribution in [1.29, 1.82) is 0 Å². The molecule has 1 aliphatic rings. The van der Waals surface area contributed by atoms with Crippen molar-refractivity contribution < 1.29 is 22.7 Å². The van der Waals surface area contributed by atoms with E-state index >= 15 is 0 Å². The average Bonchev–Trinajstić information content (AvgIpc) is 3.05. The number of hydrogen-bond donors (Lipinski definition) is 1. The molecule has 1 amide bonds. The third-order valence-electron chi connectivity index (χ3n) is 4.42. The van der Waals surface area contributed by atoms with Gasteiger partial charge in [-0.15, -0.1) is 0 Å². The van der Waals surface area contributed by atoms with Crippen LogP contribution in [0.3, 0.4) is 0 Å². The van der Waals surface area contributed by atoms with Crippen LogP contribution in [-0.4, -0.2) is 33.5 Å². The van der Waals surface area contributed by atoms with E-state index in [-0.39, 0.29) is 40.3 Å². The normalized spacial score (nSPS) is 13.5. The second-order valence-electron chi connectivity index (χ2n) is 6.54. The van der Waals surface area contributed by atoms with Gasteiger partial charge in [-0.1, -0.05) is 25.6 Å². The third kappa shape index (κ3) is 4.92. The number of anilines is 1. The van der Waals surface area contributed by atoms with Crippen molar-refractivity contribution in [2.75, 3.05) is 11.9 Å². The lowest BCUT2D eigenvalue weighted by atomic mass is 10.2. The van der Waals surface area contributed by atoms with Crippen LogP contribution in [0.15, 0.2) is 34.2 Å². The van der Waals surface area contributed by atoms with Gasteiger partial charge in [-0.05, 0) is 37.1 Å². The molecular weight excluding hydrogens is 407 g/mol. The summed E-state index contributed by atoms with van der Waals surface area (Å²) in [6.07, 6.45) is -2.75. The summed E-state index contributed by atoms with van der Waals surface area (Å²) in [5.74, 6) is 0.0193. The lowest BCUT2D eigenvalue weighted by Crippen LogP contribution is -2.25. The first-order chi connectivity index (χ1) is 13.7. The second kappa shape index (κ2) is 8.48. The lowest BCUT2D eigenvalue weighted by molar-refractivity contribution is -0.153. The van der Waals surface area contributed by atoms with E-state index in [0.717, 1.165) is 12.8 Å². The van der Waals surface area contributed by atoms with Crippen molar-refractivity contribution in [3.63, 3.8) is 0 Å². The van der Waals surface area contributed by atoms with Crippen LogP contribution in [0.2, 0.25) is 0 Å². The first-order valence-electron chi connectivity index (χ1n) is 9.14. The zero-order chi connectivity index (χ0) is 21.2. The maximum absolute atomic E-state index is 13.1. The Labute approximate surface area is 169 Å². The number of nitrogens with one attached hydrogen (secondary N) is 1. The number of carbonyl (C=O) groups excluding carboxylic acids is 1. The van der Waals surface area contributed by atoms with Gasteiger partial charge in [-0.3, -0.25) is 14.2 Å². The molecule has 6 nitrogen and oxygen atoms in total. The number of amides is 1. The molecule has 0 aliphatic carbocycles. The lowest BCUT2D eigenvalue weighted by Gasteiger charge is -2.17. The van der Waals surface area contributed by atoms with Gasteiger partial charge in [-0.2, -0.15) is 13.2 Å². The van der Waals surface area contributed by atoms with Crippen molar-refractivity contribution in [3.8, 4) is 11.4 Å². The highest BCUT2D eigenvalue weighted by Crippen LogP contribution is 2.30. The Morgan fingerprint density at radius 2 is 1.86 bits per heavy atom. The highest BCUT2D eigenvalue weighted by Gasteiger charge is 2.29. The number of aromatic nitrogens is 2. The van der Waals surface area contributed by atoms with Crippen LogP contribution in [-0.2, 0) is 11.2 Å². The molecule has 156 valence electrons. The summed E-state index contributed by atoms with van der Waals surface area (Å²) in [5.41, 5.74) is 0.351. The topological polar surface area (TPSA) is 73.2 Å². The van der Waals surface area contributed by atoms with Crippen molar-refractivity contribution in [1.82, 2.24) is 9.55 Å². The van der Waals surface area contributed by atoms with Crippen LogP contribution in [0.25, 0.3) is 5.69 Å². The number of ether oxygens (including phenoxy) is 1. The fraction of sp³-hybridized carbons (Fsp3) is 0.421. The summed E-state index contributed by atoms with van der Waals surface area (Å²) in [6.45, 7) is 2.67. The fourth-order valence-corrected chi connectivity index (χ4v) is 3.97. The van der Waals surface area contributed by atoms with Crippen LogP contribution in [0, 0.1) is 0 Å². The Morgan fingerprint density at radius 1 is 1.21 bits per heavy atom. The molecule has 1 aliphatic heterocycles. The molecule has 0 atom stereocenters. The number of fused-ring (bicyclic) bond motifs is 1. The highest BCUT2D eigenvalue weighted by atomic mass is 32.2. The van der Waals surface area contributed by atoms with E-state index in [1.807, 2.05) is 13.8 Å². The van der Waals surface area contributed by atoms with Crippen molar-refractivity contribution >= 4 is 23.5 Å². The van der Waals surface area contributed by atoms with Gasteiger partial charge in [0.2, 0.25) is 5.91 Å². The number of benzene rings is 1. The van der Waals surface area contributed by atoms with E-state index < -0.39 is 12.8 Å². The van der Waals surface area contributed by atoms with Crippen LogP contribution in [0.4, 0.5) is 19.0 Å². The molecule has 0 unspecified atom stereocenters. The summed E-state index contributed by atoms with van der Waals surface area (Å²) in [4.78, 5) is 29.3. The van der Waals surface area contributed by atoms with Gasteiger partial charge in [0.05, 0.1) is 17.7 Å². The van der Waals surface area contributed by atoms with E-state index in [2.05, 4.69) is 10.3 Å². The predicted octanol–water partition coefficient (Wildman–Crippen LogP) is 3.95. The number of halogens is 3. The molecule has 0 radical (unpaired) electrons. The first kappa shape index (κ1) is 21.2. The predicted molar refractivity (Wildman–Crippen MR) is 104 cm³/mol. The Balaban J connectivity index is 2.00. The molecule has 0 saturated heterocycles. The number of carbonyl (C=O) groups is 1. The average molecular weight is 427 g/mol. The molecule has 0 fully saturated rings. The molecule has 2 aromatic rings. The molecule has 0 saturated carbocycles. The van der Waals surface area contributed by atoms with Gasteiger partial charge in [0.25, 0.3) is 5.56 Å². The largest absolute Gasteiger partial charge is 0.484 e. The smallest absolute Gasteiger partial charge is 0.422 e. The standard InChI is InChI=1S/C19H20F3N3O3S/c1-3-13(4-2)29-18-24-16-14(9-15(26)23-16)17(27)25(18)11-5-7-12(8-6-11)28-10-19(20,21)22/h5-8,13H,3-4,9-10H2,1-2H3,(H,23,26). The molecule has 3 rings (SSSR count). The fourth-order valence-electron chi connectivity index (χ4n) is 2.90. The molecule has 10 heteroatoms. The van der Waals surface area contributed by atoms with Gasteiger partial charge in [0, 0.05) is 5.25 Å². The summed E-state index contributed by atoms with van der Waals surface area (Å²) in [7, 11) is 0. The molecule has 1 aromatic heterocycles. The van der Waals surface area contributed by atoms with Gasteiger partial charge in [0.1, 0.15) is 11.6 Å². The minimum atomic E-state index is -4.43. The van der Waals surface area contributed by atoms with E-state index in [9.17, 15) is 22.8 Å². The monoisotopic (exact) mass is 427 g/mol. The van der Waals surface area contributed by atoms with Crippen molar-refractivity contribution in [2.45, 2.75) is 49.7 Å². The summed E-state index contributed by atoms with van der Waals surface area (Å²) >= 11 is 1.43. The highest BCUT2D eigenvalue weighted by molar-refractivity contribution is 7.99. The number of thioether (sulfide) groups is 1. The minimum absolute atomic E-state index is 0.0410. The molecule has 0 spiro atoms. The quantitative estimate of drug-likeness (QED) is 0.535. The van der Waals surface area contributed by atoms with Gasteiger partial charge in [-0.25, -0.2) is 4.98 Å². The SMILES string of the molecule is CCC(CC)Sc1nc2c(c(=O)n1-c1ccc(OCC(F)(F)F)cc1)CC(=O)N2. The molecular formula is C19H20F3N3O3S. The van der Waals surface area contributed by atoms with E-state index in [0.29, 0.717) is 10.8 Å². The number of hydrogen-bond acceptors (Lipinski definition) is 5. The van der Waals surface area contributed by atoms with Crippen LogP contribution >= 0.6 is 11.8 Å². The van der Waals surface area contributed by atoms with E-state index in [4.69, 9.17) is 4.74 Å². The Bertz CT molecular complexity index is 954. The van der Waals surface area contributed by atoms with Gasteiger partial charge >= 0.3 is 6.18 Å². The molecule has 1 N–H and O–H groups in total. The molecule has 0 bridgehead atoms. The first-order valence-corrected chi connectivity index (χ1v) is 10.0. The Morgan fingerprint density at radius 3 is 2.45 bits per heavy atom. The summed E-state index contributed by atoms with van der Waals surface area (Å²) < 4.78 is 43.1. The minimum Gasteiger partial charge on any atom is -0.484 e.